The summed E-state index contributed by atoms with van der Waals surface area (Å²) in [6.07, 6.45) is -0.485. The molecule has 0 aliphatic heterocycles. The first-order valence-electron chi connectivity index (χ1n) is 8.73. The average Bonchev–Trinajstić information content (AvgIpc) is 2.68. The van der Waals surface area contributed by atoms with Crippen molar-refractivity contribution in [2.24, 2.45) is 5.73 Å². The van der Waals surface area contributed by atoms with Crippen LogP contribution in [0.1, 0.15) is 17.2 Å². The molecule has 2 amide bonds. The van der Waals surface area contributed by atoms with Crippen LogP contribution in [0.15, 0.2) is 72.8 Å². The Kier molecular flexibility index (Phi) is 5.84. The zero-order chi connectivity index (χ0) is 19.2. The highest BCUT2D eigenvalue weighted by Crippen LogP contribution is 2.19. The fourth-order valence-corrected chi connectivity index (χ4v) is 3.09. The maximum absolute atomic E-state index is 12.6. The number of primary amides is 1. The van der Waals surface area contributed by atoms with E-state index in [0.29, 0.717) is 12.0 Å². The second-order valence-electron chi connectivity index (χ2n) is 6.38. The summed E-state index contributed by atoms with van der Waals surface area (Å²) >= 11 is 0. The lowest BCUT2D eigenvalue weighted by molar-refractivity contribution is -0.134. The van der Waals surface area contributed by atoms with Gasteiger partial charge in [-0.05, 0) is 21.9 Å². The minimum absolute atomic E-state index is 0.317. The van der Waals surface area contributed by atoms with Gasteiger partial charge in [0.2, 0.25) is 5.91 Å². The summed E-state index contributed by atoms with van der Waals surface area (Å²) in [5.74, 6) is -0.979. The molecule has 0 aliphatic carbocycles. The van der Waals surface area contributed by atoms with Crippen molar-refractivity contribution >= 4 is 22.6 Å². The standard InChI is InChI=1S/C22H22N2O3/c1-27-20(17-8-3-2-4-9-17)22(26)24-19(21(23)25)14-15-11-12-16-7-5-6-10-18(16)13-15/h2-13,19-20H,14H2,1H3,(H2,23,25)(H,24,26)/t19-,20+/m0/s1. The first-order chi connectivity index (χ1) is 13.1. The molecule has 0 aromatic heterocycles. The summed E-state index contributed by atoms with van der Waals surface area (Å²) < 4.78 is 5.32. The van der Waals surface area contributed by atoms with Gasteiger partial charge in [0.15, 0.2) is 6.10 Å². The molecule has 0 bridgehead atoms. The Bertz CT molecular complexity index is 940. The van der Waals surface area contributed by atoms with E-state index in [1.807, 2.05) is 60.7 Å². The SMILES string of the molecule is CO[C@@H](C(=O)N[C@@H](Cc1ccc2ccccc2c1)C(N)=O)c1ccccc1. The number of amides is 2. The molecule has 138 valence electrons. The molecule has 0 aliphatic rings. The van der Waals surface area contributed by atoms with Crippen molar-refractivity contribution < 1.29 is 14.3 Å². The highest BCUT2D eigenvalue weighted by molar-refractivity contribution is 5.89. The first-order valence-corrected chi connectivity index (χ1v) is 8.73. The van der Waals surface area contributed by atoms with E-state index in [2.05, 4.69) is 5.32 Å². The fourth-order valence-electron chi connectivity index (χ4n) is 3.09. The van der Waals surface area contributed by atoms with Crippen LogP contribution >= 0.6 is 0 Å². The Balaban J connectivity index is 1.76. The number of carbonyl (C=O) groups excluding carboxylic acids is 2. The molecule has 3 N–H and O–H groups in total. The second kappa shape index (κ2) is 8.47. The Labute approximate surface area is 158 Å². The van der Waals surface area contributed by atoms with Crippen molar-refractivity contribution in [3.8, 4) is 0 Å². The van der Waals surface area contributed by atoms with Crippen LogP contribution in [-0.2, 0) is 20.7 Å². The number of rotatable bonds is 7. The summed E-state index contributed by atoms with van der Waals surface area (Å²) in [4.78, 5) is 24.6. The van der Waals surface area contributed by atoms with Gasteiger partial charge >= 0.3 is 0 Å². The molecular formula is C22H22N2O3. The Morgan fingerprint density at radius 1 is 0.963 bits per heavy atom. The summed E-state index contributed by atoms with van der Waals surface area (Å²) in [6.45, 7) is 0. The van der Waals surface area contributed by atoms with Gasteiger partial charge in [0.1, 0.15) is 6.04 Å². The molecule has 0 saturated carbocycles. The molecule has 0 radical (unpaired) electrons. The summed E-state index contributed by atoms with van der Waals surface area (Å²) in [5.41, 5.74) is 7.17. The van der Waals surface area contributed by atoms with Crippen LogP contribution in [0.2, 0.25) is 0 Å². The van der Waals surface area contributed by atoms with Crippen molar-refractivity contribution in [1.82, 2.24) is 5.32 Å². The van der Waals surface area contributed by atoms with E-state index in [-0.39, 0.29) is 0 Å². The molecule has 0 spiro atoms. The molecule has 2 atom stereocenters. The number of ether oxygens (including phenoxy) is 1. The van der Waals surface area contributed by atoms with Gasteiger partial charge in [0, 0.05) is 13.5 Å². The predicted molar refractivity (Wildman–Crippen MR) is 105 cm³/mol. The van der Waals surface area contributed by atoms with Crippen molar-refractivity contribution in [1.29, 1.82) is 0 Å². The first kappa shape index (κ1) is 18.6. The minimum atomic E-state index is -0.819. The van der Waals surface area contributed by atoms with Gasteiger partial charge in [0.25, 0.3) is 5.91 Å². The number of hydrogen-bond donors (Lipinski definition) is 2. The normalized spacial score (nSPS) is 13.1. The monoisotopic (exact) mass is 362 g/mol. The number of nitrogens with two attached hydrogens (primary N) is 1. The van der Waals surface area contributed by atoms with Gasteiger partial charge < -0.3 is 15.8 Å². The Hall–Kier alpha value is -3.18. The van der Waals surface area contributed by atoms with E-state index in [0.717, 1.165) is 16.3 Å². The van der Waals surface area contributed by atoms with Crippen molar-refractivity contribution in [3.63, 3.8) is 0 Å². The van der Waals surface area contributed by atoms with Crippen LogP contribution in [0.25, 0.3) is 10.8 Å². The van der Waals surface area contributed by atoms with Gasteiger partial charge in [-0.1, -0.05) is 72.8 Å². The maximum atomic E-state index is 12.6. The van der Waals surface area contributed by atoms with Crippen LogP contribution < -0.4 is 11.1 Å². The molecule has 3 aromatic rings. The third-order valence-electron chi connectivity index (χ3n) is 4.49. The molecule has 0 saturated heterocycles. The smallest absolute Gasteiger partial charge is 0.254 e. The highest BCUT2D eigenvalue weighted by atomic mass is 16.5. The van der Waals surface area contributed by atoms with Crippen LogP contribution in [0.5, 0.6) is 0 Å². The fraction of sp³-hybridized carbons (Fsp3) is 0.182. The van der Waals surface area contributed by atoms with Gasteiger partial charge in [-0.15, -0.1) is 0 Å². The van der Waals surface area contributed by atoms with E-state index in [1.54, 1.807) is 12.1 Å². The molecule has 3 aromatic carbocycles. The number of hydrogen-bond acceptors (Lipinski definition) is 3. The molecular weight excluding hydrogens is 340 g/mol. The van der Waals surface area contributed by atoms with E-state index >= 15 is 0 Å². The number of methoxy groups -OCH3 is 1. The minimum Gasteiger partial charge on any atom is -0.368 e. The molecule has 0 unspecified atom stereocenters. The Morgan fingerprint density at radius 3 is 2.30 bits per heavy atom. The topological polar surface area (TPSA) is 81.4 Å². The van der Waals surface area contributed by atoms with E-state index in [4.69, 9.17) is 10.5 Å². The third kappa shape index (κ3) is 4.51. The van der Waals surface area contributed by atoms with Gasteiger partial charge in [0.05, 0.1) is 0 Å². The lowest BCUT2D eigenvalue weighted by Crippen LogP contribution is -2.47. The molecule has 0 fully saturated rings. The number of fused-ring (bicyclic) bond motifs is 1. The van der Waals surface area contributed by atoms with Gasteiger partial charge in [-0.25, -0.2) is 0 Å². The van der Waals surface area contributed by atoms with E-state index in [1.165, 1.54) is 7.11 Å². The number of benzene rings is 3. The second-order valence-corrected chi connectivity index (χ2v) is 6.38. The van der Waals surface area contributed by atoms with Crippen molar-refractivity contribution in [2.45, 2.75) is 18.6 Å². The van der Waals surface area contributed by atoms with Gasteiger partial charge in [-0.2, -0.15) is 0 Å². The predicted octanol–water partition coefficient (Wildman–Crippen LogP) is 2.74. The van der Waals surface area contributed by atoms with Crippen LogP contribution in [-0.4, -0.2) is 25.0 Å². The summed E-state index contributed by atoms with van der Waals surface area (Å²) in [5, 5.41) is 4.91. The average molecular weight is 362 g/mol. The lowest BCUT2D eigenvalue weighted by Gasteiger charge is -2.20. The largest absolute Gasteiger partial charge is 0.368 e. The highest BCUT2D eigenvalue weighted by Gasteiger charge is 2.25. The Morgan fingerprint density at radius 2 is 1.63 bits per heavy atom. The van der Waals surface area contributed by atoms with E-state index in [9.17, 15) is 9.59 Å². The molecule has 5 nitrogen and oxygen atoms in total. The summed E-state index contributed by atoms with van der Waals surface area (Å²) in [6, 6.07) is 22.2. The van der Waals surface area contributed by atoms with Crippen LogP contribution in [0, 0.1) is 0 Å². The molecule has 5 heteroatoms. The zero-order valence-electron chi connectivity index (χ0n) is 15.1. The molecule has 0 heterocycles. The van der Waals surface area contributed by atoms with Gasteiger partial charge in [-0.3, -0.25) is 9.59 Å². The van der Waals surface area contributed by atoms with Crippen molar-refractivity contribution in [2.75, 3.05) is 7.11 Å². The number of carbonyl (C=O) groups is 2. The maximum Gasteiger partial charge on any atom is 0.254 e. The third-order valence-corrected chi connectivity index (χ3v) is 4.49. The van der Waals surface area contributed by atoms with Crippen LogP contribution in [0.3, 0.4) is 0 Å². The van der Waals surface area contributed by atoms with Crippen LogP contribution in [0.4, 0.5) is 0 Å². The molecule has 3 rings (SSSR count). The van der Waals surface area contributed by atoms with Crippen molar-refractivity contribution in [3.05, 3.63) is 83.9 Å². The number of nitrogens with one attached hydrogen (secondary N) is 1. The lowest BCUT2D eigenvalue weighted by atomic mass is 10.0. The summed E-state index contributed by atoms with van der Waals surface area (Å²) in [7, 11) is 1.46. The quantitative estimate of drug-likeness (QED) is 0.678. The zero-order valence-corrected chi connectivity index (χ0v) is 15.1. The van der Waals surface area contributed by atoms with E-state index < -0.39 is 24.0 Å². The molecule has 27 heavy (non-hydrogen) atoms.